The largest absolute Gasteiger partial charge is 0.424 e. The highest BCUT2D eigenvalue weighted by atomic mass is 35.5. The van der Waals surface area contributed by atoms with E-state index in [0.717, 1.165) is 82.5 Å². The monoisotopic (exact) mass is 571 g/mol. The Balaban J connectivity index is 1.20. The van der Waals surface area contributed by atoms with Gasteiger partial charge >= 0.3 is 6.01 Å². The number of anilines is 1. The van der Waals surface area contributed by atoms with Crippen LogP contribution in [0, 0.1) is 6.92 Å². The van der Waals surface area contributed by atoms with E-state index in [4.69, 9.17) is 31.0 Å². The summed E-state index contributed by atoms with van der Waals surface area (Å²) in [6.07, 6.45) is 5.53. The van der Waals surface area contributed by atoms with Crippen LogP contribution in [0.4, 0.5) is 5.82 Å². The highest BCUT2D eigenvalue weighted by molar-refractivity contribution is 6.33. The average Bonchev–Trinajstić information content (AvgIpc) is 3.57. The molecule has 8 rings (SSSR count). The minimum atomic E-state index is -0.246. The van der Waals surface area contributed by atoms with E-state index in [9.17, 15) is 0 Å². The zero-order valence-corrected chi connectivity index (χ0v) is 24.2. The minimum Gasteiger partial charge on any atom is -0.424 e. The van der Waals surface area contributed by atoms with Crippen LogP contribution in [0.2, 0.25) is 5.02 Å². The van der Waals surface area contributed by atoms with E-state index >= 15 is 0 Å². The van der Waals surface area contributed by atoms with Gasteiger partial charge in [-0.3, -0.25) is 5.10 Å². The highest BCUT2D eigenvalue weighted by Crippen LogP contribution is 2.42. The number of H-pyrrole nitrogens is 1. The third kappa shape index (κ3) is 4.46. The van der Waals surface area contributed by atoms with Gasteiger partial charge in [0.25, 0.3) is 0 Å². The lowest BCUT2D eigenvalue weighted by atomic mass is 9.95. The molecule has 4 aliphatic heterocycles. The number of aromatic nitrogens is 4. The van der Waals surface area contributed by atoms with Crippen LogP contribution in [0.15, 0.2) is 30.5 Å². The Bertz CT molecular complexity index is 1640. The second-order valence-electron chi connectivity index (χ2n) is 12.0. The van der Waals surface area contributed by atoms with Gasteiger partial charge in [0.1, 0.15) is 11.6 Å². The molecular formula is C31H34ClN7O2. The number of piperazine rings is 1. The maximum absolute atomic E-state index is 6.90. The summed E-state index contributed by atoms with van der Waals surface area (Å²) in [4.78, 5) is 14.9. The first kappa shape index (κ1) is 25.5. The molecule has 3 atom stereocenters. The predicted octanol–water partition coefficient (Wildman–Crippen LogP) is 4.85. The number of nitrogens with one attached hydrogen (secondary N) is 2. The molecular weight excluding hydrogens is 538 g/mol. The molecule has 2 saturated heterocycles. The fourth-order valence-corrected chi connectivity index (χ4v) is 7.43. The van der Waals surface area contributed by atoms with Crippen molar-refractivity contribution in [1.29, 1.82) is 0 Å². The molecule has 0 saturated carbocycles. The molecule has 2 fully saturated rings. The average molecular weight is 572 g/mol. The van der Waals surface area contributed by atoms with E-state index in [1.165, 1.54) is 24.0 Å². The van der Waals surface area contributed by atoms with Crippen molar-refractivity contribution in [3.8, 4) is 11.8 Å². The Morgan fingerprint density at radius 3 is 2.83 bits per heavy atom. The number of hydrogen-bond donors (Lipinski definition) is 2. The van der Waals surface area contributed by atoms with Gasteiger partial charge in [0, 0.05) is 66.8 Å². The SMILES string of the molecule is Cc1cc2[nH]ncc2c([C@@H]2Cc3nc(Oc4cccc5c4CCN(C)C5)nc(N4CC5CCC(C4)N5)c3CO2)c1Cl. The van der Waals surface area contributed by atoms with Crippen LogP contribution in [0.1, 0.15) is 52.5 Å². The van der Waals surface area contributed by atoms with Crippen molar-refractivity contribution in [2.24, 2.45) is 0 Å². The number of halogens is 1. The second-order valence-corrected chi connectivity index (χ2v) is 12.4. The predicted molar refractivity (Wildman–Crippen MR) is 158 cm³/mol. The zero-order valence-electron chi connectivity index (χ0n) is 23.4. The molecule has 2 bridgehead atoms. The number of hydrogen-bond acceptors (Lipinski definition) is 8. The van der Waals surface area contributed by atoms with Crippen LogP contribution >= 0.6 is 11.6 Å². The fraction of sp³-hybridized carbons (Fsp3) is 0.452. The maximum atomic E-state index is 6.90. The molecule has 4 aliphatic rings. The summed E-state index contributed by atoms with van der Waals surface area (Å²) in [5.41, 5.74) is 7.49. The van der Waals surface area contributed by atoms with Crippen LogP contribution in [0.3, 0.4) is 0 Å². The van der Waals surface area contributed by atoms with Crippen LogP contribution in [0.5, 0.6) is 11.8 Å². The third-order valence-corrected chi connectivity index (χ3v) is 9.72. The number of aryl methyl sites for hydroxylation is 1. The van der Waals surface area contributed by atoms with Crippen molar-refractivity contribution in [3.63, 3.8) is 0 Å². The van der Waals surface area contributed by atoms with E-state index in [1.54, 1.807) is 0 Å². The van der Waals surface area contributed by atoms with E-state index in [1.807, 2.05) is 25.3 Å². The standard InChI is InChI=1S/C31H34ClN7O2/c1-17-10-25-22(12-33-37-25)28(29(17)32)27-11-24-23(16-40-27)30(39-14-19-6-7-20(15-39)34-19)36-31(35-24)41-26-5-3-4-18-13-38(2)9-8-21(18)26/h3-5,10,12,19-20,27,34H,6-9,11,13-16H2,1-2H3,(H,33,37)/t19?,20?,27-/m0/s1. The quantitative estimate of drug-likeness (QED) is 0.359. The summed E-state index contributed by atoms with van der Waals surface area (Å²) < 4.78 is 13.1. The van der Waals surface area contributed by atoms with Crippen molar-refractivity contribution in [2.75, 3.05) is 31.6 Å². The van der Waals surface area contributed by atoms with Crippen LogP contribution in [-0.2, 0) is 30.7 Å². The van der Waals surface area contributed by atoms with Gasteiger partial charge in [-0.05, 0) is 56.5 Å². The van der Waals surface area contributed by atoms with Crippen molar-refractivity contribution in [2.45, 2.75) is 63.9 Å². The second kappa shape index (κ2) is 9.94. The Morgan fingerprint density at radius 1 is 1.12 bits per heavy atom. The number of aromatic amines is 1. The van der Waals surface area contributed by atoms with E-state index in [-0.39, 0.29) is 6.10 Å². The van der Waals surface area contributed by atoms with Crippen molar-refractivity contribution < 1.29 is 9.47 Å². The van der Waals surface area contributed by atoms with E-state index in [2.05, 4.69) is 44.5 Å². The molecule has 2 N–H and O–H groups in total. The molecule has 10 heteroatoms. The molecule has 6 heterocycles. The zero-order chi connectivity index (χ0) is 27.7. The number of likely N-dealkylation sites (N-methyl/N-ethyl adjacent to an activating group) is 1. The molecule has 9 nitrogen and oxygen atoms in total. The Morgan fingerprint density at radius 2 is 1.98 bits per heavy atom. The number of benzene rings is 2. The van der Waals surface area contributed by atoms with Crippen molar-refractivity contribution >= 4 is 28.3 Å². The van der Waals surface area contributed by atoms with E-state index in [0.29, 0.717) is 31.1 Å². The summed E-state index contributed by atoms with van der Waals surface area (Å²) in [6, 6.07) is 9.72. The lowest BCUT2D eigenvalue weighted by molar-refractivity contribution is 0.0267. The van der Waals surface area contributed by atoms with Gasteiger partial charge in [-0.25, -0.2) is 0 Å². The molecule has 4 aromatic rings. The minimum absolute atomic E-state index is 0.246. The van der Waals surface area contributed by atoms with E-state index < -0.39 is 0 Å². The molecule has 2 unspecified atom stereocenters. The molecule has 41 heavy (non-hydrogen) atoms. The molecule has 212 valence electrons. The van der Waals surface area contributed by atoms with Crippen molar-refractivity contribution in [1.82, 2.24) is 30.4 Å². The Kier molecular flexibility index (Phi) is 6.18. The van der Waals surface area contributed by atoms with Crippen LogP contribution in [-0.4, -0.2) is 63.8 Å². The molecule has 0 amide bonds. The van der Waals surface area contributed by atoms with Gasteiger partial charge in [-0.2, -0.15) is 15.1 Å². The van der Waals surface area contributed by atoms with Crippen LogP contribution < -0.4 is 15.0 Å². The summed E-state index contributed by atoms with van der Waals surface area (Å²) in [5, 5.41) is 12.8. The summed E-state index contributed by atoms with van der Waals surface area (Å²) in [6.45, 7) is 6.22. The van der Waals surface area contributed by atoms with Gasteiger partial charge in [0.05, 0.1) is 35.1 Å². The molecule has 2 aromatic heterocycles. The third-order valence-electron chi connectivity index (χ3n) is 9.21. The first-order valence-corrected chi connectivity index (χ1v) is 15.0. The summed E-state index contributed by atoms with van der Waals surface area (Å²) in [5.74, 6) is 1.79. The molecule has 0 aliphatic carbocycles. The van der Waals surface area contributed by atoms with Gasteiger partial charge in [-0.1, -0.05) is 23.7 Å². The van der Waals surface area contributed by atoms with Crippen molar-refractivity contribution in [3.05, 3.63) is 69.0 Å². The van der Waals surface area contributed by atoms with Gasteiger partial charge in [0.2, 0.25) is 0 Å². The van der Waals surface area contributed by atoms with Gasteiger partial charge in [-0.15, -0.1) is 0 Å². The smallest absolute Gasteiger partial charge is 0.324 e. The Labute approximate surface area is 244 Å². The van der Waals surface area contributed by atoms with Gasteiger partial charge in [0.15, 0.2) is 0 Å². The molecule has 2 aromatic carbocycles. The lowest BCUT2D eigenvalue weighted by Gasteiger charge is -2.36. The first-order valence-electron chi connectivity index (χ1n) is 14.6. The number of fused-ring (bicyclic) bond motifs is 5. The fourth-order valence-electron chi connectivity index (χ4n) is 7.15. The Hall–Kier alpha value is -3.24. The summed E-state index contributed by atoms with van der Waals surface area (Å²) in [7, 11) is 2.16. The molecule has 0 radical (unpaired) electrons. The first-order chi connectivity index (χ1) is 20.0. The molecule has 0 spiro atoms. The number of rotatable bonds is 4. The summed E-state index contributed by atoms with van der Waals surface area (Å²) >= 11 is 6.90. The lowest BCUT2D eigenvalue weighted by Crippen LogP contribution is -2.51. The van der Waals surface area contributed by atoms with Crippen LogP contribution in [0.25, 0.3) is 10.9 Å². The number of nitrogens with zero attached hydrogens (tertiary/aromatic N) is 5. The normalized spacial score (nSPS) is 24.0. The van der Waals surface area contributed by atoms with Gasteiger partial charge < -0.3 is 24.6 Å². The number of ether oxygens (including phenoxy) is 2. The highest BCUT2D eigenvalue weighted by Gasteiger charge is 2.36. The topological polar surface area (TPSA) is 91.4 Å². The maximum Gasteiger partial charge on any atom is 0.324 e.